The van der Waals surface area contributed by atoms with Crippen LogP contribution in [0, 0.1) is 0 Å². The molecule has 18 heavy (non-hydrogen) atoms. The molecular formula is C12H16N2O4. The van der Waals surface area contributed by atoms with Crippen LogP contribution in [-0.2, 0) is 16.6 Å². The smallest absolute Gasteiger partial charge is 0.328 e. The number of esters is 1. The summed E-state index contributed by atoms with van der Waals surface area (Å²) in [5, 5.41) is 2.47. The minimum absolute atomic E-state index is 0.217. The monoisotopic (exact) mass is 252 g/mol. The van der Waals surface area contributed by atoms with Crippen molar-refractivity contribution in [3.63, 3.8) is 0 Å². The van der Waals surface area contributed by atoms with E-state index in [9.17, 15) is 14.4 Å². The van der Waals surface area contributed by atoms with Crippen molar-refractivity contribution in [2.24, 2.45) is 7.05 Å². The Morgan fingerprint density at radius 1 is 1.50 bits per heavy atom. The lowest BCUT2D eigenvalue weighted by Gasteiger charge is -2.12. The Bertz CT molecular complexity index is 507. The summed E-state index contributed by atoms with van der Waals surface area (Å²) in [5.41, 5.74) is -0.0688. The van der Waals surface area contributed by atoms with Crippen LogP contribution in [0.3, 0.4) is 0 Å². The largest absolute Gasteiger partial charge is 0.464 e. The predicted molar refractivity (Wildman–Crippen MR) is 65.2 cm³/mol. The molecule has 1 atom stereocenters. The molecule has 0 aliphatic heterocycles. The van der Waals surface area contributed by atoms with Crippen LogP contribution < -0.4 is 10.9 Å². The Hall–Kier alpha value is -2.11. The van der Waals surface area contributed by atoms with Crippen LogP contribution in [0.2, 0.25) is 0 Å². The first-order chi connectivity index (χ1) is 8.45. The summed E-state index contributed by atoms with van der Waals surface area (Å²) >= 11 is 0. The normalized spacial score (nSPS) is 11.7. The van der Waals surface area contributed by atoms with E-state index < -0.39 is 17.9 Å². The molecule has 6 nitrogen and oxygen atoms in total. The maximum atomic E-state index is 11.8. The summed E-state index contributed by atoms with van der Waals surface area (Å²) in [4.78, 5) is 34.4. The highest BCUT2D eigenvalue weighted by Gasteiger charge is 2.17. The van der Waals surface area contributed by atoms with E-state index in [1.807, 2.05) is 0 Å². The number of amides is 1. The first kappa shape index (κ1) is 14.0. The number of ether oxygens (including phenoxy) is 1. The fourth-order valence-electron chi connectivity index (χ4n) is 1.30. The molecule has 1 aromatic rings. The highest BCUT2D eigenvalue weighted by Crippen LogP contribution is 1.96. The molecule has 0 aliphatic rings. The molecule has 0 aromatic carbocycles. The molecule has 1 rings (SSSR count). The number of nitrogens with zero attached hydrogens (tertiary/aromatic N) is 1. The van der Waals surface area contributed by atoms with Gasteiger partial charge in [0.05, 0.1) is 6.61 Å². The zero-order valence-corrected chi connectivity index (χ0v) is 10.6. The van der Waals surface area contributed by atoms with E-state index in [1.54, 1.807) is 14.0 Å². The average molecular weight is 252 g/mol. The van der Waals surface area contributed by atoms with E-state index in [2.05, 4.69) is 5.32 Å². The highest BCUT2D eigenvalue weighted by atomic mass is 16.5. The molecular weight excluding hydrogens is 236 g/mol. The van der Waals surface area contributed by atoms with Gasteiger partial charge < -0.3 is 14.6 Å². The fourth-order valence-corrected chi connectivity index (χ4v) is 1.30. The van der Waals surface area contributed by atoms with Crippen LogP contribution >= 0.6 is 0 Å². The number of hydrogen-bond acceptors (Lipinski definition) is 4. The van der Waals surface area contributed by atoms with Crippen LogP contribution in [0.25, 0.3) is 0 Å². The van der Waals surface area contributed by atoms with E-state index >= 15 is 0 Å². The van der Waals surface area contributed by atoms with Gasteiger partial charge in [-0.25, -0.2) is 4.79 Å². The van der Waals surface area contributed by atoms with Crippen molar-refractivity contribution >= 4 is 11.9 Å². The maximum absolute atomic E-state index is 11.8. The molecule has 1 heterocycles. The minimum atomic E-state index is -0.749. The van der Waals surface area contributed by atoms with Gasteiger partial charge in [-0.2, -0.15) is 0 Å². The minimum Gasteiger partial charge on any atom is -0.464 e. The van der Waals surface area contributed by atoms with Crippen LogP contribution in [0.15, 0.2) is 23.1 Å². The van der Waals surface area contributed by atoms with Gasteiger partial charge in [-0.05, 0) is 19.9 Å². The van der Waals surface area contributed by atoms with Gasteiger partial charge in [0.15, 0.2) is 0 Å². The summed E-state index contributed by atoms with van der Waals surface area (Å²) in [5.74, 6) is -0.983. The van der Waals surface area contributed by atoms with Crippen LogP contribution in [-0.4, -0.2) is 29.1 Å². The van der Waals surface area contributed by atoms with Crippen LogP contribution in [0.4, 0.5) is 0 Å². The lowest BCUT2D eigenvalue weighted by Crippen LogP contribution is -2.40. The lowest BCUT2D eigenvalue weighted by molar-refractivity contribution is -0.144. The third-order valence-electron chi connectivity index (χ3n) is 2.35. The number of aryl methyl sites for hydroxylation is 1. The van der Waals surface area contributed by atoms with E-state index in [4.69, 9.17) is 4.74 Å². The number of carbonyl (C=O) groups is 2. The summed E-state index contributed by atoms with van der Waals surface area (Å²) in [7, 11) is 1.59. The summed E-state index contributed by atoms with van der Waals surface area (Å²) < 4.78 is 6.12. The number of aromatic nitrogens is 1. The Morgan fingerprint density at radius 3 is 2.72 bits per heavy atom. The maximum Gasteiger partial charge on any atom is 0.328 e. The molecule has 0 spiro atoms. The summed E-state index contributed by atoms with van der Waals surface area (Å²) in [6.45, 7) is 3.47. The van der Waals surface area contributed by atoms with Gasteiger partial charge in [0.25, 0.3) is 11.5 Å². The standard InChI is InChI=1S/C12H16N2O4/c1-4-18-12(17)8(2)13-11(16)9-5-6-14(3)10(15)7-9/h5-8H,4H2,1-3H3,(H,13,16). The molecule has 1 unspecified atom stereocenters. The Balaban J connectivity index is 2.73. The van der Waals surface area contributed by atoms with Gasteiger partial charge in [-0.15, -0.1) is 0 Å². The van der Waals surface area contributed by atoms with Gasteiger partial charge in [-0.1, -0.05) is 0 Å². The van der Waals surface area contributed by atoms with Gasteiger partial charge in [0.1, 0.15) is 6.04 Å². The van der Waals surface area contributed by atoms with E-state index in [0.717, 1.165) is 0 Å². The molecule has 0 saturated carbocycles. The molecule has 1 aromatic heterocycles. The van der Waals surface area contributed by atoms with Crippen LogP contribution in [0.5, 0.6) is 0 Å². The van der Waals surface area contributed by atoms with Crippen molar-refractivity contribution in [3.05, 3.63) is 34.2 Å². The number of nitrogens with one attached hydrogen (secondary N) is 1. The van der Waals surface area contributed by atoms with Crippen molar-refractivity contribution in [1.82, 2.24) is 9.88 Å². The topological polar surface area (TPSA) is 77.4 Å². The third kappa shape index (κ3) is 3.44. The lowest BCUT2D eigenvalue weighted by atomic mass is 10.2. The molecule has 6 heteroatoms. The molecule has 0 bridgehead atoms. The van der Waals surface area contributed by atoms with Gasteiger partial charge in [-0.3, -0.25) is 9.59 Å². The zero-order valence-electron chi connectivity index (χ0n) is 10.6. The first-order valence-corrected chi connectivity index (χ1v) is 5.60. The average Bonchev–Trinajstić information content (AvgIpc) is 2.32. The van der Waals surface area contributed by atoms with Gasteiger partial charge >= 0.3 is 5.97 Å². The molecule has 0 radical (unpaired) electrons. The van der Waals surface area contributed by atoms with Crippen molar-refractivity contribution in [2.45, 2.75) is 19.9 Å². The van der Waals surface area contributed by atoms with Gasteiger partial charge in [0.2, 0.25) is 0 Å². The second-order valence-corrected chi connectivity index (χ2v) is 3.81. The first-order valence-electron chi connectivity index (χ1n) is 5.60. The summed E-state index contributed by atoms with van der Waals surface area (Å²) in [6, 6.07) is 1.98. The molecule has 98 valence electrons. The van der Waals surface area contributed by atoms with E-state index in [-0.39, 0.29) is 17.7 Å². The van der Waals surface area contributed by atoms with Crippen molar-refractivity contribution in [3.8, 4) is 0 Å². The predicted octanol–water partition coefficient (Wildman–Crippen LogP) is 0.0667. The highest BCUT2D eigenvalue weighted by molar-refractivity contribution is 5.96. The number of pyridine rings is 1. The SMILES string of the molecule is CCOC(=O)C(C)NC(=O)c1ccn(C)c(=O)c1. The molecule has 0 aliphatic carbocycles. The third-order valence-corrected chi connectivity index (χ3v) is 2.35. The fraction of sp³-hybridized carbons (Fsp3) is 0.417. The second-order valence-electron chi connectivity index (χ2n) is 3.81. The van der Waals surface area contributed by atoms with E-state index in [1.165, 1.54) is 29.8 Å². The van der Waals surface area contributed by atoms with E-state index in [0.29, 0.717) is 0 Å². The number of carbonyl (C=O) groups excluding carboxylic acids is 2. The molecule has 0 saturated heterocycles. The Morgan fingerprint density at radius 2 is 2.17 bits per heavy atom. The number of hydrogen-bond donors (Lipinski definition) is 1. The molecule has 1 N–H and O–H groups in total. The number of rotatable bonds is 4. The molecule has 1 amide bonds. The van der Waals surface area contributed by atoms with Crippen molar-refractivity contribution in [2.75, 3.05) is 6.61 Å². The zero-order chi connectivity index (χ0) is 13.7. The van der Waals surface area contributed by atoms with Crippen LogP contribution in [0.1, 0.15) is 24.2 Å². The second kappa shape index (κ2) is 6.00. The Labute approximate surface area is 105 Å². The molecule has 0 fully saturated rings. The van der Waals surface area contributed by atoms with Crippen molar-refractivity contribution in [1.29, 1.82) is 0 Å². The Kier molecular flexibility index (Phi) is 4.65. The van der Waals surface area contributed by atoms with Crippen molar-refractivity contribution < 1.29 is 14.3 Å². The quantitative estimate of drug-likeness (QED) is 0.769. The van der Waals surface area contributed by atoms with Gasteiger partial charge in [0, 0.05) is 24.9 Å². The summed E-state index contributed by atoms with van der Waals surface area (Å²) in [6.07, 6.45) is 1.49.